The molecule has 2 aromatic carbocycles. The van der Waals surface area contributed by atoms with Crippen LogP contribution >= 0.6 is 0 Å². The van der Waals surface area contributed by atoms with Crippen molar-refractivity contribution < 1.29 is 8.42 Å². The first-order valence-corrected chi connectivity index (χ1v) is 10.8. The molecular formula is C22H22N4O2S. The van der Waals surface area contributed by atoms with Gasteiger partial charge in [0.05, 0.1) is 21.8 Å². The lowest BCUT2D eigenvalue weighted by Crippen LogP contribution is -2.14. The van der Waals surface area contributed by atoms with Crippen LogP contribution in [0.3, 0.4) is 0 Å². The SMILES string of the molecule is Cc1ccc(S(=O)(=O)Nc2cccc3c(C)cc(-n4nc(C)cc4C)nc23)cc1. The molecule has 0 aliphatic heterocycles. The third-order valence-electron chi connectivity index (χ3n) is 4.84. The fourth-order valence-electron chi connectivity index (χ4n) is 3.37. The van der Waals surface area contributed by atoms with Gasteiger partial charge in [0.1, 0.15) is 0 Å². The molecule has 0 radical (unpaired) electrons. The molecule has 0 spiro atoms. The zero-order chi connectivity index (χ0) is 20.8. The molecule has 4 rings (SSSR count). The van der Waals surface area contributed by atoms with Crippen molar-refractivity contribution in [1.82, 2.24) is 14.8 Å². The van der Waals surface area contributed by atoms with Crippen LogP contribution in [0.2, 0.25) is 0 Å². The summed E-state index contributed by atoms with van der Waals surface area (Å²) in [4.78, 5) is 4.96. The lowest BCUT2D eigenvalue weighted by Gasteiger charge is -2.13. The second-order valence-electron chi connectivity index (χ2n) is 7.26. The number of anilines is 1. The monoisotopic (exact) mass is 406 g/mol. The minimum atomic E-state index is -3.73. The Kier molecular flexibility index (Phi) is 4.62. The Bertz CT molecular complexity index is 1320. The maximum atomic E-state index is 12.9. The highest BCUT2D eigenvalue weighted by atomic mass is 32.2. The van der Waals surface area contributed by atoms with Crippen LogP contribution in [-0.2, 0) is 10.0 Å². The highest BCUT2D eigenvalue weighted by Gasteiger charge is 2.17. The van der Waals surface area contributed by atoms with E-state index >= 15 is 0 Å². The molecule has 0 saturated heterocycles. The highest BCUT2D eigenvalue weighted by Crippen LogP contribution is 2.28. The van der Waals surface area contributed by atoms with Crippen molar-refractivity contribution in [1.29, 1.82) is 0 Å². The average molecular weight is 407 g/mol. The van der Waals surface area contributed by atoms with Gasteiger partial charge in [0.15, 0.2) is 5.82 Å². The van der Waals surface area contributed by atoms with Crippen molar-refractivity contribution >= 4 is 26.6 Å². The van der Waals surface area contributed by atoms with Gasteiger partial charge in [0, 0.05) is 11.1 Å². The maximum absolute atomic E-state index is 12.9. The van der Waals surface area contributed by atoms with Crippen molar-refractivity contribution in [3.05, 3.63) is 77.1 Å². The molecule has 29 heavy (non-hydrogen) atoms. The van der Waals surface area contributed by atoms with Crippen LogP contribution in [0.25, 0.3) is 16.7 Å². The van der Waals surface area contributed by atoms with E-state index in [-0.39, 0.29) is 4.90 Å². The number of pyridine rings is 1. The lowest BCUT2D eigenvalue weighted by molar-refractivity contribution is 0.601. The van der Waals surface area contributed by atoms with Gasteiger partial charge in [-0.2, -0.15) is 5.10 Å². The smallest absolute Gasteiger partial charge is 0.261 e. The molecule has 0 amide bonds. The minimum Gasteiger partial charge on any atom is -0.277 e. The number of aromatic nitrogens is 3. The normalized spacial score (nSPS) is 11.7. The summed E-state index contributed by atoms with van der Waals surface area (Å²) in [5.41, 5.74) is 4.89. The Morgan fingerprint density at radius 1 is 0.931 bits per heavy atom. The molecule has 2 heterocycles. The second-order valence-corrected chi connectivity index (χ2v) is 8.94. The van der Waals surface area contributed by atoms with E-state index in [4.69, 9.17) is 4.98 Å². The summed E-state index contributed by atoms with van der Waals surface area (Å²) in [7, 11) is -3.73. The maximum Gasteiger partial charge on any atom is 0.261 e. The van der Waals surface area contributed by atoms with Gasteiger partial charge in [-0.25, -0.2) is 18.1 Å². The first kappa shape index (κ1) is 19.1. The van der Waals surface area contributed by atoms with Crippen LogP contribution in [0.15, 0.2) is 59.5 Å². The van der Waals surface area contributed by atoms with E-state index in [1.54, 1.807) is 35.0 Å². The summed E-state index contributed by atoms with van der Waals surface area (Å²) in [6.45, 7) is 7.80. The van der Waals surface area contributed by atoms with Crippen LogP contribution in [0.1, 0.15) is 22.5 Å². The molecule has 0 atom stereocenters. The van der Waals surface area contributed by atoms with Gasteiger partial charge >= 0.3 is 0 Å². The first-order valence-electron chi connectivity index (χ1n) is 9.28. The number of aryl methyl sites for hydroxylation is 4. The summed E-state index contributed by atoms with van der Waals surface area (Å²) < 4.78 is 30.3. The number of nitrogens with zero attached hydrogens (tertiary/aromatic N) is 3. The highest BCUT2D eigenvalue weighted by molar-refractivity contribution is 7.92. The fraction of sp³-hybridized carbons (Fsp3) is 0.182. The number of hydrogen-bond donors (Lipinski definition) is 1. The first-order chi connectivity index (χ1) is 13.7. The summed E-state index contributed by atoms with van der Waals surface area (Å²) in [6.07, 6.45) is 0. The largest absolute Gasteiger partial charge is 0.277 e. The number of benzene rings is 2. The number of sulfonamides is 1. The van der Waals surface area contributed by atoms with Crippen LogP contribution in [0.5, 0.6) is 0 Å². The van der Waals surface area contributed by atoms with Crippen LogP contribution in [-0.4, -0.2) is 23.2 Å². The third-order valence-corrected chi connectivity index (χ3v) is 6.22. The Hall–Kier alpha value is -3.19. The van der Waals surface area contributed by atoms with Gasteiger partial charge in [-0.1, -0.05) is 29.8 Å². The molecule has 0 unspecified atom stereocenters. The fourth-order valence-corrected chi connectivity index (χ4v) is 4.44. The predicted octanol–water partition coefficient (Wildman–Crippen LogP) is 4.45. The molecule has 0 bridgehead atoms. The topological polar surface area (TPSA) is 76.9 Å². The van der Waals surface area contributed by atoms with Gasteiger partial charge in [-0.05, 0) is 63.6 Å². The quantitative estimate of drug-likeness (QED) is 0.543. The molecule has 148 valence electrons. The van der Waals surface area contributed by atoms with Gasteiger partial charge in [-0.15, -0.1) is 0 Å². The molecule has 1 N–H and O–H groups in total. The van der Waals surface area contributed by atoms with Gasteiger partial charge in [0.2, 0.25) is 0 Å². The van der Waals surface area contributed by atoms with E-state index in [1.165, 1.54) is 0 Å². The zero-order valence-corrected chi connectivity index (χ0v) is 17.6. The van der Waals surface area contributed by atoms with Crippen molar-refractivity contribution in [3.8, 4) is 5.82 Å². The van der Waals surface area contributed by atoms with Gasteiger partial charge in [-0.3, -0.25) is 4.72 Å². The van der Waals surface area contributed by atoms with Crippen LogP contribution < -0.4 is 4.72 Å². The number of hydrogen-bond acceptors (Lipinski definition) is 4. The van der Waals surface area contributed by atoms with E-state index < -0.39 is 10.0 Å². The summed E-state index contributed by atoms with van der Waals surface area (Å²) >= 11 is 0. The van der Waals surface area contributed by atoms with E-state index in [9.17, 15) is 8.42 Å². The number of nitrogens with one attached hydrogen (secondary N) is 1. The molecular weight excluding hydrogens is 384 g/mol. The van der Waals surface area contributed by atoms with Gasteiger partial charge in [0.25, 0.3) is 10.0 Å². The van der Waals surface area contributed by atoms with Crippen molar-refractivity contribution in [2.75, 3.05) is 4.72 Å². The van der Waals surface area contributed by atoms with Crippen molar-refractivity contribution in [2.24, 2.45) is 0 Å². The number of rotatable bonds is 4. The van der Waals surface area contributed by atoms with Crippen molar-refractivity contribution in [3.63, 3.8) is 0 Å². The third kappa shape index (κ3) is 3.61. The van der Waals surface area contributed by atoms with Gasteiger partial charge < -0.3 is 0 Å². The standard InChI is InChI=1S/C22H22N4O2S/c1-14-8-10-18(11-9-14)29(27,28)25-20-7-5-6-19-15(2)12-21(23-22(19)20)26-17(4)13-16(3)24-26/h5-13,25H,1-4H3. The number of para-hydroxylation sites is 1. The predicted molar refractivity (Wildman–Crippen MR) is 115 cm³/mol. The molecule has 4 aromatic rings. The zero-order valence-electron chi connectivity index (χ0n) is 16.8. The molecule has 0 fully saturated rings. The molecule has 0 saturated carbocycles. The Balaban J connectivity index is 1.84. The Morgan fingerprint density at radius 2 is 1.66 bits per heavy atom. The van der Waals surface area contributed by atoms with E-state index in [1.807, 2.05) is 52.0 Å². The summed E-state index contributed by atoms with van der Waals surface area (Å²) in [5.74, 6) is 0.655. The Labute approximate surface area is 170 Å². The van der Waals surface area contributed by atoms with E-state index in [0.717, 1.165) is 27.9 Å². The molecule has 6 nitrogen and oxygen atoms in total. The summed E-state index contributed by atoms with van der Waals surface area (Å²) in [5, 5.41) is 5.39. The van der Waals surface area contributed by atoms with E-state index in [2.05, 4.69) is 9.82 Å². The molecule has 0 aliphatic rings. The minimum absolute atomic E-state index is 0.214. The van der Waals surface area contributed by atoms with Crippen LogP contribution in [0.4, 0.5) is 5.69 Å². The second kappa shape index (κ2) is 7.00. The lowest BCUT2D eigenvalue weighted by atomic mass is 10.1. The van der Waals surface area contributed by atoms with E-state index in [0.29, 0.717) is 17.0 Å². The molecule has 0 aliphatic carbocycles. The van der Waals surface area contributed by atoms with Crippen LogP contribution in [0, 0.1) is 27.7 Å². The number of fused-ring (bicyclic) bond motifs is 1. The Morgan fingerprint density at radius 3 is 2.31 bits per heavy atom. The molecule has 2 aromatic heterocycles. The van der Waals surface area contributed by atoms with Crippen molar-refractivity contribution in [2.45, 2.75) is 32.6 Å². The summed E-state index contributed by atoms with van der Waals surface area (Å²) in [6, 6.07) is 16.2. The average Bonchev–Trinajstić information content (AvgIpc) is 3.00. The molecule has 7 heteroatoms.